The molecular weight excluding hydrogens is 267 g/mol. The second kappa shape index (κ2) is 5.74. The van der Waals surface area contributed by atoms with Gasteiger partial charge in [0.25, 0.3) is 0 Å². The highest BCUT2D eigenvalue weighted by Crippen LogP contribution is 2.27. The molecule has 0 unspecified atom stereocenters. The lowest BCUT2D eigenvalue weighted by molar-refractivity contribution is 0.241. The summed E-state index contributed by atoms with van der Waals surface area (Å²) in [6.07, 6.45) is 0.950. The number of nitrogens with two attached hydrogens (primary N) is 1. The summed E-state index contributed by atoms with van der Waals surface area (Å²) >= 11 is 0. The van der Waals surface area contributed by atoms with Crippen molar-refractivity contribution in [2.45, 2.75) is 19.5 Å². The maximum Gasteiger partial charge on any atom is 0.169 e. The molecule has 0 fully saturated rings. The lowest BCUT2D eigenvalue weighted by Gasteiger charge is -2.29. The van der Waals surface area contributed by atoms with E-state index in [1.807, 2.05) is 24.3 Å². The van der Waals surface area contributed by atoms with Crippen LogP contribution < -0.4 is 10.5 Å². The van der Waals surface area contributed by atoms with Crippen molar-refractivity contribution in [1.29, 1.82) is 0 Å². The molecule has 2 aromatic rings. The van der Waals surface area contributed by atoms with Gasteiger partial charge < -0.3 is 10.5 Å². The molecule has 110 valence electrons. The third-order valence-corrected chi connectivity index (χ3v) is 4.05. The molecule has 4 heteroatoms. The largest absolute Gasteiger partial charge is 0.494 e. The van der Waals surface area contributed by atoms with Crippen molar-refractivity contribution in [3.05, 3.63) is 58.9 Å². The molecule has 0 atom stereocenters. The van der Waals surface area contributed by atoms with Gasteiger partial charge in [0.1, 0.15) is 0 Å². The van der Waals surface area contributed by atoms with Crippen molar-refractivity contribution in [2.75, 3.05) is 19.4 Å². The van der Waals surface area contributed by atoms with Gasteiger partial charge in [-0.2, -0.15) is 0 Å². The second-order valence-corrected chi connectivity index (χ2v) is 5.38. The number of methoxy groups -OCH3 is 1. The van der Waals surface area contributed by atoms with E-state index in [9.17, 15) is 4.39 Å². The van der Waals surface area contributed by atoms with Crippen molar-refractivity contribution >= 4 is 5.69 Å². The topological polar surface area (TPSA) is 38.5 Å². The predicted molar refractivity (Wildman–Crippen MR) is 81.6 cm³/mol. The molecule has 3 nitrogen and oxygen atoms in total. The van der Waals surface area contributed by atoms with Crippen LogP contribution in [0.15, 0.2) is 36.4 Å². The fourth-order valence-corrected chi connectivity index (χ4v) is 2.87. The first-order valence-corrected chi connectivity index (χ1v) is 7.09. The molecular formula is C17H19FN2O. The lowest BCUT2D eigenvalue weighted by Crippen LogP contribution is -2.31. The maximum absolute atomic E-state index is 14.2. The number of nitrogens with zero attached hydrogens (tertiary/aromatic N) is 1. The van der Waals surface area contributed by atoms with Gasteiger partial charge in [0.15, 0.2) is 11.6 Å². The molecule has 0 radical (unpaired) electrons. The van der Waals surface area contributed by atoms with Crippen LogP contribution in [0.1, 0.15) is 16.7 Å². The molecule has 2 N–H and O–H groups in total. The maximum atomic E-state index is 14.2. The van der Waals surface area contributed by atoms with Gasteiger partial charge >= 0.3 is 0 Å². The standard InChI is InChI=1S/C17H19FN2O/c1-21-16-7-3-5-13(17(16)18)10-20-9-8-12-4-2-6-15(19)14(12)11-20/h2-7H,8-11,19H2,1H3. The van der Waals surface area contributed by atoms with Crippen molar-refractivity contribution in [3.8, 4) is 5.75 Å². The molecule has 0 aromatic heterocycles. The van der Waals surface area contributed by atoms with Crippen LogP contribution in [0.5, 0.6) is 5.75 Å². The minimum absolute atomic E-state index is 0.271. The number of hydrogen-bond acceptors (Lipinski definition) is 3. The van der Waals surface area contributed by atoms with Gasteiger partial charge in [-0.3, -0.25) is 4.90 Å². The molecule has 1 aliphatic rings. The fourth-order valence-electron chi connectivity index (χ4n) is 2.87. The number of fused-ring (bicyclic) bond motifs is 1. The van der Waals surface area contributed by atoms with Crippen LogP contribution in [-0.4, -0.2) is 18.6 Å². The van der Waals surface area contributed by atoms with E-state index in [4.69, 9.17) is 10.5 Å². The van der Waals surface area contributed by atoms with E-state index in [1.54, 1.807) is 6.07 Å². The van der Waals surface area contributed by atoms with Crippen molar-refractivity contribution in [3.63, 3.8) is 0 Å². The van der Waals surface area contributed by atoms with Crippen molar-refractivity contribution < 1.29 is 9.13 Å². The average molecular weight is 286 g/mol. The first-order valence-electron chi connectivity index (χ1n) is 7.09. The number of halogens is 1. The zero-order valence-electron chi connectivity index (χ0n) is 12.1. The van der Waals surface area contributed by atoms with Gasteiger partial charge in [-0.15, -0.1) is 0 Å². The van der Waals surface area contributed by atoms with E-state index in [0.29, 0.717) is 17.9 Å². The van der Waals surface area contributed by atoms with Gasteiger partial charge in [0.05, 0.1) is 7.11 Å². The summed E-state index contributed by atoms with van der Waals surface area (Å²) in [6.45, 7) is 2.24. The smallest absolute Gasteiger partial charge is 0.169 e. The molecule has 21 heavy (non-hydrogen) atoms. The highest BCUT2D eigenvalue weighted by molar-refractivity contribution is 5.51. The first kappa shape index (κ1) is 13.9. The fraction of sp³-hybridized carbons (Fsp3) is 0.294. The van der Waals surface area contributed by atoms with Crippen molar-refractivity contribution in [2.24, 2.45) is 0 Å². The molecule has 0 saturated carbocycles. The van der Waals surface area contributed by atoms with E-state index in [0.717, 1.165) is 25.2 Å². The van der Waals surface area contributed by atoms with Gasteiger partial charge in [-0.05, 0) is 29.7 Å². The summed E-state index contributed by atoms with van der Waals surface area (Å²) in [6, 6.07) is 11.3. The molecule has 3 rings (SSSR count). The summed E-state index contributed by atoms with van der Waals surface area (Å²) in [5.74, 6) is 0.0243. The van der Waals surface area contributed by atoms with Crippen LogP contribution >= 0.6 is 0 Å². The molecule has 2 aromatic carbocycles. The minimum atomic E-state index is -0.271. The lowest BCUT2D eigenvalue weighted by atomic mass is 9.97. The van der Waals surface area contributed by atoms with E-state index in [2.05, 4.69) is 11.0 Å². The number of anilines is 1. The number of hydrogen-bond donors (Lipinski definition) is 1. The number of benzene rings is 2. The van der Waals surface area contributed by atoms with Crippen LogP contribution in [0.2, 0.25) is 0 Å². The summed E-state index contributed by atoms with van der Waals surface area (Å²) < 4.78 is 19.3. The van der Waals surface area contributed by atoms with Gasteiger partial charge in [-0.25, -0.2) is 4.39 Å². The Hall–Kier alpha value is -2.07. The Balaban J connectivity index is 1.80. The first-order chi connectivity index (χ1) is 10.2. The van der Waals surface area contributed by atoms with Crippen LogP contribution in [0.4, 0.5) is 10.1 Å². The number of nitrogen functional groups attached to an aromatic ring is 1. The molecule has 0 bridgehead atoms. The van der Waals surface area contributed by atoms with Crippen LogP contribution in [0.3, 0.4) is 0 Å². The zero-order valence-corrected chi connectivity index (χ0v) is 12.1. The van der Waals surface area contributed by atoms with E-state index >= 15 is 0 Å². The molecule has 0 aliphatic carbocycles. The summed E-state index contributed by atoms with van der Waals surface area (Å²) in [5, 5.41) is 0. The van der Waals surface area contributed by atoms with Crippen LogP contribution in [0, 0.1) is 5.82 Å². The van der Waals surface area contributed by atoms with Crippen LogP contribution in [0.25, 0.3) is 0 Å². The van der Waals surface area contributed by atoms with E-state index < -0.39 is 0 Å². The molecule has 1 aliphatic heterocycles. The van der Waals surface area contributed by atoms with Crippen LogP contribution in [-0.2, 0) is 19.5 Å². The Morgan fingerprint density at radius 2 is 2.05 bits per heavy atom. The van der Waals surface area contributed by atoms with Gasteiger partial charge in [0, 0.05) is 30.9 Å². The number of rotatable bonds is 3. The quantitative estimate of drug-likeness (QED) is 0.882. The third kappa shape index (κ3) is 2.72. The average Bonchev–Trinajstić information content (AvgIpc) is 2.50. The SMILES string of the molecule is COc1cccc(CN2CCc3cccc(N)c3C2)c1F. The number of ether oxygens (including phenoxy) is 1. The molecule has 0 spiro atoms. The van der Waals surface area contributed by atoms with Gasteiger partial charge in [-0.1, -0.05) is 24.3 Å². The molecule has 0 saturated heterocycles. The molecule has 1 heterocycles. The highest BCUT2D eigenvalue weighted by atomic mass is 19.1. The Morgan fingerprint density at radius 1 is 1.24 bits per heavy atom. The normalized spacial score (nSPS) is 14.8. The predicted octanol–water partition coefficient (Wildman–Crippen LogP) is 2.97. The third-order valence-electron chi connectivity index (χ3n) is 4.05. The van der Waals surface area contributed by atoms with Crippen molar-refractivity contribution in [1.82, 2.24) is 4.90 Å². The molecule has 0 amide bonds. The Morgan fingerprint density at radius 3 is 2.86 bits per heavy atom. The monoisotopic (exact) mass is 286 g/mol. The summed E-state index contributed by atoms with van der Waals surface area (Å²) in [5.41, 5.74) is 10.0. The van der Waals surface area contributed by atoms with E-state index in [1.165, 1.54) is 18.2 Å². The summed E-state index contributed by atoms with van der Waals surface area (Å²) in [7, 11) is 1.49. The Bertz CT molecular complexity index is 657. The Labute approximate surface area is 124 Å². The Kier molecular flexibility index (Phi) is 3.80. The van der Waals surface area contributed by atoms with Gasteiger partial charge in [0.2, 0.25) is 0 Å². The second-order valence-electron chi connectivity index (χ2n) is 5.38. The highest BCUT2D eigenvalue weighted by Gasteiger charge is 2.19. The summed E-state index contributed by atoms with van der Waals surface area (Å²) in [4.78, 5) is 2.22. The van der Waals surface area contributed by atoms with E-state index in [-0.39, 0.29) is 5.82 Å². The zero-order chi connectivity index (χ0) is 14.8. The minimum Gasteiger partial charge on any atom is -0.494 e.